The summed E-state index contributed by atoms with van der Waals surface area (Å²) in [5, 5.41) is 22.4. The number of nitrogens with zero attached hydrogens (tertiary/aromatic N) is 8. The number of hydrogen-bond donors (Lipinski definition) is 5. The lowest BCUT2D eigenvalue weighted by Gasteiger charge is -2.41. The summed E-state index contributed by atoms with van der Waals surface area (Å²) >= 11 is 6.16. The van der Waals surface area contributed by atoms with Crippen LogP contribution in [0.15, 0.2) is 34.6 Å². The maximum Gasteiger partial charge on any atom is 0.327 e. The lowest BCUT2D eigenvalue weighted by molar-refractivity contribution is -0.118. The van der Waals surface area contributed by atoms with Crippen LogP contribution in [0, 0.1) is 17.2 Å². The number of hydrogen-bond acceptors (Lipinski definition) is 19. The number of rotatable bonds is 19. The topological polar surface area (TPSA) is 316 Å². The van der Waals surface area contributed by atoms with Crippen LogP contribution in [0.4, 0.5) is 5.95 Å². The molecule has 2 fully saturated rings. The highest BCUT2D eigenvalue weighted by Crippen LogP contribution is 2.56. The molecule has 0 bridgehead atoms. The second-order valence-corrected chi connectivity index (χ2v) is 33.9. The summed E-state index contributed by atoms with van der Waals surface area (Å²) in [7, 11) is -9.32. The molecule has 0 aliphatic carbocycles. The van der Waals surface area contributed by atoms with Gasteiger partial charge in [-0.05, 0) is 48.1 Å². The van der Waals surface area contributed by atoms with E-state index in [0.717, 1.165) is 0 Å². The number of ether oxygens (including phenoxy) is 2. The zero-order valence-electron chi connectivity index (χ0n) is 41.6. The number of anilines is 1. The average Bonchev–Trinajstić information content (AvgIpc) is 4.11. The minimum absolute atomic E-state index is 0.0491. The third kappa shape index (κ3) is 11.3. The third-order valence-electron chi connectivity index (χ3n) is 13.4. The van der Waals surface area contributed by atoms with Crippen LogP contribution in [0.5, 0.6) is 0 Å². The van der Waals surface area contributed by atoms with E-state index in [0.29, 0.717) is 0 Å². The first-order chi connectivity index (χ1) is 33.1. The van der Waals surface area contributed by atoms with Gasteiger partial charge in [-0.15, -0.1) is 0 Å². The molecule has 10 atom stereocenters. The van der Waals surface area contributed by atoms with Crippen LogP contribution in [0.3, 0.4) is 0 Å². The quantitative estimate of drug-likeness (QED) is 0.0413. The Balaban J connectivity index is 1.28. The number of amides is 1. The highest BCUT2D eigenvalue weighted by molar-refractivity contribution is 8.07. The summed E-state index contributed by atoms with van der Waals surface area (Å²) in [5.41, 5.74) is -1.06. The minimum Gasteiger partial charge on any atom is -0.408 e. The van der Waals surface area contributed by atoms with E-state index in [1.165, 1.54) is 27.8 Å². The fourth-order valence-electron chi connectivity index (χ4n) is 7.46. The predicted molar refractivity (Wildman–Crippen MR) is 267 cm³/mol. The molecule has 7 rings (SSSR count). The molecule has 2 aliphatic heterocycles. The van der Waals surface area contributed by atoms with Crippen molar-refractivity contribution in [3.63, 3.8) is 0 Å². The van der Waals surface area contributed by atoms with Crippen LogP contribution in [0.2, 0.25) is 36.3 Å². The van der Waals surface area contributed by atoms with Gasteiger partial charge in [0.1, 0.15) is 36.6 Å². The second-order valence-electron chi connectivity index (χ2n) is 20.7. The lowest BCUT2D eigenvalue weighted by atomic mass is 10.1. The lowest BCUT2D eigenvalue weighted by Crippen LogP contribution is -2.50. The number of fused-ring (bicyclic) bond motifs is 3. The number of carbonyl (C=O) groups excluding carboxylic acids is 1. The van der Waals surface area contributed by atoms with E-state index in [-0.39, 0.29) is 52.1 Å². The van der Waals surface area contributed by atoms with Gasteiger partial charge in [0, 0.05) is 18.3 Å². The number of aromatic amines is 2. The average molecular weight is 1080 g/mol. The van der Waals surface area contributed by atoms with E-state index in [2.05, 4.69) is 35.2 Å². The standard InChI is InChI=1S/C41H63N11O14P2SSi2/c1-22(2)33(54)48-38-46-31-25(34(55)49-38)44-20-51(31)36-29(63-67(57)58)28(65-70(9,10)40(3,4)5)24(62-36)19-60-68(69,59-17-13-14-42)64-27-23(18-53)61-37(30(27)66-71(11,12)41(6,7)8)52-21-45-26-32(52)47-39-43-15-16-50(39)35(26)56/h15-16,20-24,27-30,36-37,53,67H,13,17-19H2,1-12H3,(H,43,47)(H,57,58)(H2,46,48,49,54,55)/t23-,24-,27-,28-,29-,30-,36-,37-,68?/m1/s1. The summed E-state index contributed by atoms with van der Waals surface area (Å²) < 4.78 is 69.5. The van der Waals surface area contributed by atoms with Gasteiger partial charge < -0.3 is 42.4 Å². The van der Waals surface area contributed by atoms with Crippen molar-refractivity contribution < 1.29 is 55.8 Å². The maximum absolute atomic E-state index is 13.5. The zero-order valence-corrected chi connectivity index (χ0v) is 46.3. The number of aliphatic hydroxyl groups is 1. The van der Waals surface area contributed by atoms with Crippen molar-refractivity contribution in [2.24, 2.45) is 5.92 Å². The molecule has 5 aromatic heterocycles. The highest BCUT2D eigenvalue weighted by Gasteiger charge is 2.56. The Kier molecular flexibility index (Phi) is 16.1. The first-order valence-electron chi connectivity index (χ1n) is 22.9. The molecule has 7 heterocycles. The summed E-state index contributed by atoms with van der Waals surface area (Å²) in [5.74, 6) is -0.792. The Morgan fingerprint density at radius 3 is 2.13 bits per heavy atom. The molecule has 1 amide bonds. The molecule has 0 saturated carbocycles. The van der Waals surface area contributed by atoms with E-state index in [4.69, 9.17) is 48.2 Å². The molecule has 0 spiro atoms. The van der Waals surface area contributed by atoms with Crippen molar-refractivity contribution in [2.75, 3.05) is 25.1 Å². The van der Waals surface area contributed by atoms with Gasteiger partial charge in [0.05, 0.1) is 45.0 Å². The van der Waals surface area contributed by atoms with Crippen LogP contribution >= 0.6 is 15.0 Å². The number of aliphatic hydroxyl groups excluding tert-OH is 1. The Morgan fingerprint density at radius 2 is 1.54 bits per heavy atom. The Morgan fingerprint density at radius 1 is 0.944 bits per heavy atom. The van der Waals surface area contributed by atoms with Crippen molar-refractivity contribution in [3.05, 3.63) is 45.8 Å². The van der Waals surface area contributed by atoms with Gasteiger partial charge in [-0.1, -0.05) is 55.4 Å². The minimum atomic E-state index is -4.10. The number of aromatic nitrogens is 9. The van der Waals surface area contributed by atoms with Crippen LogP contribution in [-0.4, -0.2) is 132 Å². The fraction of sp³-hybridized carbons (Fsp3) is 0.659. The van der Waals surface area contributed by atoms with Gasteiger partial charge >= 0.3 is 15.0 Å². The van der Waals surface area contributed by atoms with Crippen molar-refractivity contribution in [1.29, 1.82) is 5.26 Å². The molecule has 5 N–H and O–H groups in total. The van der Waals surface area contributed by atoms with E-state index < -0.39 is 122 Å². The zero-order chi connectivity index (χ0) is 52.2. The number of H-pyrrole nitrogens is 2. The van der Waals surface area contributed by atoms with Crippen LogP contribution in [0.25, 0.3) is 28.1 Å². The summed E-state index contributed by atoms with van der Waals surface area (Å²) in [6.07, 6.45) is -3.84. The van der Waals surface area contributed by atoms with Gasteiger partial charge in [-0.3, -0.25) is 51.8 Å². The van der Waals surface area contributed by atoms with Crippen LogP contribution in [-0.2, 0) is 57.6 Å². The number of carbonyl (C=O) groups is 1. The predicted octanol–water partition coefficient (Wildman–Crippen LogP) is 4.99. The normalized spacial score (nSPS) is 24.8. The van der Waals surface area contributed by atoms with Gasteiger partial charge in [-0.2, -0.15) is 15.2 Å². The highest BCUT2D eigenvalue weighted by atomic mass is 32.5. The van der Waals surface area contributed by atoms with Crippen LogP contribution in [0.1, 0.15) is 74.3 Å². The molecule has 2 aliphatic rings. The third-order valence-corrected chi connectivity index (χ3v) is 25.2. The largest absolute Gasteiger partial charge is 0.408 e. The summed E-state index contributed by atoms with van der Waals surface area (Å²) in [6.45, 7) is 18.1. The fourth-order valence-corrected chi connectivity index (χ4v) is 12.6. The van der Waals surface area contributed by atoms with Gasteiger partial charge in [0.25, 0.3) is 11.1 Å². The number of imidazole rings is 3. The Bertz CT molecular complexity index is 3000. The molecule has 2 unspecified atom stereocenters. The number of nitrogens with one attached hydrogen (secondary N) is 3. The Labute approximate surface area is 416 Å². The molecule has 30 heteroatoms. The maximum atomic E-state index is 13.5. The number of nitriles is 1. The van der Waals surface area contributed by atoms with E-state index in [1.807, 2.05) is 73.8 Å². The van der Waals surface area contributed by atoms with Crippen molar-refractivity contribution in [1.82, 2.24) is 43.4 Å². The van der Waals surface area contributed by atoms with Crippen molar-refractivity contribution in [3.8, 4) is 6.07 Å². The van der Waals surface area contributed by atoms with Crippen molar-refractivity contribution >= 4 is 83.4 Å². The first-order valence-corrected chi connectivity index (χ1v) is 32.6. The first kappa shape index (κ1) is 54.9. The molecule has 390 valence electrons. The van der Waals surface area contributed by atoms with Crippen LogP contribution < -0.4 is 16.4 Å². The van der Waals surface area contributed by atoms with Gasteiger partial charge in [0.15, 0.2) is 51.4 Å². The SMILES string of the molecule is CC(C)C(=O)Nc1nc2c(ncn2[C@@H]2O[C@H](COP(=S)(OCCC#N)O[C@H]3[C@@H](O[Si](C)(C)C(C)(C)C)[C@H](n4cnc5c(=O)n6cc[nH]c6nc54)O[C@@H]3CO)[C@@H](O[Si](C)(C)C(C)(C)C)[C@H]2O[PH](=O)O)c(=O)[nH]1. The molecule has 0 radical (unpaired) electrons. The molecule has 5 aromatic rings. The van der Waals surface area contributed by atoms with Crippen molar-refractivity contribution in [2.45, 2.75) is 147 Å². The molecule has 0 aromatic carbocycles. The Hall–Kier alpha value is -3.89. The smallest absolute Gasteiger partial charge is 0.327 e. The molecule has 71 heavy (non-hydrogen) atoms. The second kappa shape index (κ2) is 20.8. The van der Waals surface area contributed by atoms with Gasteiger partial charge in [-0.25, -0.2) is 9.97 Å². The monoisotopic (exact) mass is 1080 g/mol. The van der Waals surface area contributed by atoms with E-state index in [1.54, 1.807) is 24.6 Å². The summed E-state index contributed by atoms with van der Waals surface area (Å²) in [6, 6.07) is 2.03. The molecular weight excluding hydrogens is 1020 g/mol. The molecule has 2 saturated heterocycles. The van der Waals surface area contributed by atoms with Gasteiger partial charge in [0.2, 0.25) is 17.6 Å². The summed E-state index contributed by atoms with van der Waals surface area (Å²) in [4.78, 5) is 73.1. The van der Waals surface area contributed by atoms with E-state index in [9.17, 15) is 34.2 Å². The van der Waals surface area contributed by atoms with E-state index >= 15 is 0 Å². The molecular formula is C41H63N11O14P2SSi2. The molecule has 25 nitrogen and oxygen atoms in total.